The lowest BCUT2D eigenvalue weighted by Crippen LogP contribution is -2.31. The maximum Gasteiger partial charge on any atom is 0.286 e. The van der Waals surface area contributed by atoms with Crippen LogP contribution >= 0.6 is 0 Å². The molecule has 0 unspecified atom stereocenters. The van der Waals surface area contributed by atoms with E-state index in [2.05, 4.69) is 0 Å². The summed E-state index contributed by atoms with van der Waals surface area (Å²) >= 11 is 0. The second-order valence-corrected chi connectivity index (χ2v) is 6.07. The summed E-state index contributed by atoms with van der Waals surface area (Å²) in [4.78, 5) is 25.4. The van der Waals surface area contributed by atoms with Gasteiger partial charge in [0.25, 0.3) is 11.6 Å². The van der Waals surface area contributed by atoms with Gasteiger partial charge >= 0.3 is 0 Å². The Morgan fingerprint density at radius 1 is 1.17 bits per heavy atom. The van der Waals surface area contributed by atoms with Crippen LogP contribution in [-0.2, 0) is 11.3 Å². The zero-order valence-electron chi connectivity index (χ0n) is 16.5. The van der Waals surface area contributed by atoms with Crippen molar-refractivity contribution >= 4 is 11.6 Å². The van der Waals surface area contributed by atoms with E-state index in [0.29, 0.717) is 5.56 Å². The molecule has 0 fully saturated rings. The molecule has 0 aromatic heterocycles. The number of hydrogen-bond acceptors (Lipinski definition) is 6. The molecule has 0 saturated carbocycles. The Hall–Kier alpha value is -3.20. The molecular weight excluding hydrogens is 383 g/mol. The van der Waals surface area contributed by atoms with Crippen molar-refractivity contribution in [2.75, 3.05) is 34.0 Å². The summed E-state index contributed by atoms with van der Waals surface area (Å²) in [6.45, 7) is 2.58. The average molecular weight is 406 g/mol. The Morgan fingerprint density at radius 3 is 2.52 bits per heavy atom. The number of carbonyl (C=O) groups is 1. The Kier molecular flexibility index (Phi) is 7.90. The van der Waals surface area contributed by atoms with Crippen molar-refractivity contribution in [1.82, 2.24) is 4.90 Å². The first-order chi connectivity index (χ1) is 13.9. The first-order valence-electron chi connectivity index (χ1n) is 8.93. The fourth-order valence-electron chi connectivity index (χ4n) is 2.73. The van der Waals surface area contributed by atoms with Crippen molar-refractivity contribution in [1.29, 1.82) is 0 Å². The molecule has 8 nitrogen and oxygen atoms in total. The lowest BCUT2D eigenvalue weighted by atomic mass is 10.1. The predicted molar refractivity (Wildman–Crippen MR) is 104 cm³/mol. The third-order valence-electron chi connectivity index (χ3n) is 4.19. The number of carbonyl (C=O) groups excluding carboxylic acids is 1. The molecular formula is C20H23FN2O6. The summed E-state index contributed by atoms with van der Waals surface area (Å²) in [6, 6.07) is 8.30. The van der Waals surface area contributed by atoms with Crippen LogP contribution in [0.1, 0.15) is 22.8 Å². The van der Waals surface area contributed by atoms with Gasteiger partial charge in [0, 0.05) is 26.3 Å². The molecule has 2 rings (SSSR count). The molecule has 0 saturated heterocycles. The first kappa shape index (κ1) is 22.1. The van der Waals surface area contributed by atoms with Crippen molar-refractivity contribution < 1.29 is 28.3 Å². The molecule has 0 bridgehead atoms. The lowest BCUT2D eigenvalue weighted by Gasteiger charge is -2.22. The second kappa shape index (κ2) is 10.4. The summed E-state index contributed by atoms with van der Waals surface area (Å²) in [6.07, 6.45) is 0. The van der Waals surface area contributed by atoms with Crippen molar-refractivity contribution in [3.8, 4) is 11.5 Å². The standard InChI is InChI=1S/C20H23FN2O6/c1-4-22(13-14-6-5-7-15(21)10-14)20(24)16-11-18(28-3)19(29-9-8-27-2)12-17(16)23(25)26/h5-7,10-12H,4,8-9,13H2,1-3H3. The average Bonchev–Trinajstić information content (AvgIpc) is 2.71. The summed E-state index contributed by atoms with van der Waals surface area (Å²) in [7, 11) is 2.88. The van der Waals surface area contributed by atoms with Gasteiger partial charge in [-0.15, -0.1) is 0 Å². The minimum absolute atomic E-state index is 0.110. The van der Waals surface area contributed by atoms with E-state index in [0.717, 1.165) is 6.07 Å². The number of hydrogen-bond donors (Lipinski definition) is 0. The summed E-state index contributed by atoms with van der Waals surface area (Å²) in [5, 5.41) is 11.6. The van der Waals surface area contributed by atoms with Gasteiger partial charge in [0.15, 0.2) is 11.5 Å². The summed E-state index contributed by atoms with van der Waals surface area (Å²) < 4.78 is 29.1. The van der Waals surface area contributed by atoms with Gasteiger partial charge in [0.1, 0.15) is 18.0 Å². The highest BCUT2D eigenvalue weighted by Crippen LogP contribution is 2.35. The van der Waals surface area contributed by atoms with Crippen molar-refractivity contribution in [3.63, 3.8) is 0 Å². The van der Waals surface area contributed by atoms with E-state index in [1.54, 1.807) is 19.1 Å². The molecule has 2 aromatic carbocycles. The molecule has 0 radical (unpaired) electrons. The van der Waals surface area contributed by atoms with E-state index in [-0.39, 0.29) is 43.4 Å². The molecule has 0 aliphatic carbocycles. The third-order valence-corrected chi connectivity index (χ3v) is 4.19. The number of benzene rings is 2. The number of nitro benzene ring substituents is 1. The van der Waals surface area contributed by atoms with Crippen LogP contribution in [0.3, 0.4) is 0 Å². The molecule has 156 valence electrons. The van der Waals surface area contributed by atoms with Gasteiger partial charge in [-0.1, -0.05) is 12.1 Å². The Morgan fingerprint density at radius 2 is 1.93 bits per heavy atom. The van der Waals surface area contributed by atoms with E-state index in [1.165, 1.54) is 37.3 Å². The fraction of sp³-hybridized carbons (Fsp3) is 0.350. The van der Waals surface area contributed by atoms with Crippen LogP contribution in [0.15, 0.2) is 36.4 Å². The normalized spacial score (nSPS) is 10.5. The van der Waals surface area contributed by atoms with E-state index in [9.17, 15) is 19.3 Å². The summed E-state index contributed by atoms with van der Waals surface area (Å²) in [5.74, 6) is -0.653. The van der Waals surface area contributed by atoms with Gasteiger partial charge in [-0.3, -0.25) is 14.9 Å². The number of ether oxygens (including phenoxy) is 3. The van der Waals surface area contributed by atoms with E-state index in [4.69, 9.17) is 14.2 Å². The van der Waals surface area contributed by atoms with Crippen LogP contribution < -0.4 is 9.47 Å². The van der Waals surface area contributed by atoms with Crippen LogP contribution in [0.2, 0.25) is 0 Å². The van der Waals surface area contributed by atoms with Gasteiger partial charge in [-0.25, -0.2) is 4.39 Å². The molecule has 1 amide bonds. The number of halogens is 1. The minimum Gasteiger partial charge on any atom is -0.493 e. The summed E-state index contributed by atoms with van der Waals surface area (Å²) in [5.41, 5.74) is 0.0411. The number of amides is 1. The molecule has 0 atom stereocenters. The van der Waals surface area contributed by atoms with Crippen LogP contribution in [-0.4, -0.2) is 49.7 Å². The first-order valence-corrected chi connectivity index (χ1v) is 8.93. The minimum atomic E-state index is -0.647. The van der Waals surface area contributed by atoms with Gasteiger partial charge < -0.3 is 19.1 Å². The molecule has 0 aliphatic heterocycles. The molecule has 2 aromatic rings. The topological polar surface area (TPSA) is 91.1 Å². The van der Waals surface area contributed by atoms with Crippen LogP contribution in [0.25, 0.3) is 0 Å². The van der Waals surface area contributed by atoms with Crippen LogP contribution in [0.5, 0.6) is 11.5 Å². The smallest absolute Gasteiger partial charge is 0.286 e. The van der Waals surface area contributed by atoms with Gasteiger partial charge in [-0.05, 0) is 24.6 Å². The van der Waals surface area contributed by atoms with Gasteiger partial charge in [-0.2, -0.15) is 0 Å². The van der Waals surface area contributed by atoms with Crippen LogP contribution in [0.4, 0.5) is 10.1 Å². The Bertz CT molecular complexity index is 874. The quantitative estimate of drug-likeness (QED) is 0.341. The SMILES string of the molecule is CCN(Cc1cccc(F)c1)C(=O)c1cc(OC)c(OCCOC)cc1[N+](=O)[O-]. The Labute approximate surface area is 167 Å². The second-order valence-electron chi connectivity index (χ2n) is 6.07. The molecule has 0 aliphatic rings. The maximum absolute atomic E-state index is 13.5. The highest BCUT2D eigenvalue weighted by molar-refractivity contribution is 5.99. The fourth-order valence-corrected chi connectivity index (χ4v) is 2.73. The third kappa shape index (κ3) is 5.64. The predicted octanol–water partition coefficient (Wildman–Crippen LogP) is 3.43. The van der Waals surface area contributed by atoms with Gasteiger partial charge in [0.2, 0.25) is 0 Å². The largest absolute Gasteiger partial charge is 0.493 e. The number of nitrogens with zero attached hydrogens (tertiary/aromatic N) is 2. The molecule has 9 heteroatoms. The van der Waals surface area contributed by atoms with E-state index in [1.807, 2.05) is 0 Å². The molecule has 29 heavy (non-hydrogen) atoms. The Balaban J connectivity index is 2.38. The monoisotopic (exact) mass is 406 g/mol. The zero-order valence-corrected chi connectivity index (χ0v) is 16.5. The van der Waals surface area contributed by atoms with Crippen LogP contribution in [0, 0.1) is 15.9 Å². The van der Waals surface area contributed by atoms with Crippen molar-refractivity contribution in [2.45, 2.75) is 13.5 Å². The lowest BCUT2D eigenvalue weighted by molar-refractivity contribution is -0.385. The number of rotatable bonds is 10. The van der Waals surface area contributed by atoms with E-state index < -0.39 is 22.3 Å². The number of methoxy groups -OCH3 is 2. The highest BCUT2D eigenvalue weighted by atomic mass is 19.1. The maximum atomic E-state index is 13.5. The van der Waals surface area contributed by atoms with Crippen molar-refractivity contribution in [3.05, 3.63) is 63.5 Å². The van der Waals surface area contributed by atoms with Gasteiger partial charge in [0.05, 0.1) is 24.7 Å². The van der Waals surface area contributed by atoms with E-state index >= 15 is 0 Å². The molecule has 0 spiro atoms. The number of nitro groups is 1. The van der Waals surface area contributed by atoms with Crippen molar-refractivity contribution in [2.24, 2.45) is 0 Å². The molecule has 0 heterocycles. The molecule has 0 N–H and O–H groups in total. The zero-order chi connectivity index (χ0) is 21.4. The highest BCUT2D eigenvalue weighted by Gasteiger charge is 2.27.